The summed E-state index contributed by atoms with van der Waals surface area (Å²) in [6, 6.07) is 0. The van der Waals surface area contributed by atoms with Gasteiger partial charge in [-0.3, -0.25) is 4.79 Å². The monoisotopic (exact) mass is 370 g/mol. The van der Waals surface area contributed by atoms with Crippen LogP contribution in [-0.2, 0) is 19.1 Å². The summed E-state index contributed by atoms with van der Waals surface area (Å²) in [6.45, 7) is 6.74. The predicted octanol–water partition coefficient (Wildman–Crippen LogP) is 0.924. The number of carbonyl (C=O) groups excluding carboxylic acids is 2. The number of esters is 2. The molecule has 148 valence electrons. The second-order valence-corrected chi connectivity index (χ2v) is 8.76. The second kappa shape index (κ2) is 5.91. The Labute approximate surface area is 153 Å². The van der Waals surface area contributed by atoms with E-state index < -0.39 is 46.2 Å². The Kier molecular flexibility index (Phi) is 4.45. The van der Waals surface area contributed by atoms with Crippen molar-refractivity contribution >= 4 is 11.9 Å². The smallest absolute Gasteiger partial charge is 0.336 e. The minimum absolute atomic E-state index is 0.139. The van der Waals surface area contributed by atoms with Gasteiger partial charge in [0.15, 0.2) is 6.10 Å². The number of rotatable bonds is 4. The minimum atomic E-state index is -1.61. The standard InChI is InChI=1S/C19H30O7/c1-5-6-13(20)25-10-16(3)17(4,23)12-9-18(14(21)15(22)26-12)11(2)7-8-19(16,18)24/h11-12,14,21,23-24H,5-10H2,1-4H3/t11-,12-,14+,16-,17+,18+,19+/m1/s1. The summed E-state index contributed by atoms with van der Waals surface area (Å²) in [5, 5.41) is 33.9. The lowest BCUT2D eigenvalue weighted by Gasteiger charge is -2.67. The van der Waals surface area contributed by atoms with Crippen molar-refractivity contribution in [3.05, 3.63) is 0 Å². The van der Waals surface area contributed by atoms with Crippen molar-refractivity contribution < 1.29 is 34.4 Å². The lowest BCUT2D eigenvalue weighted by molar-refractivity contribution is -0.341. The highest BCUT2D eigenvalue weighted by Crippen LogP contribution is 2.70. The normalized spacial score (nSPS) is 50.1. The summed E-state index contributed by atoms with van der Waals surface area (Å²) in [5.41, 5.74) is -5.59. The van der Waals surface area contributed by atoms with E-state index in [-0.39, 0.29) is 25.4 Å². The summed E-state index contributed by atoms with van der Waals surface area (Å²) in [5.74, 6) is -1.35. The fourth-order valence-corrected chi connectivity index (χ4v) is 5.71. The van der Waals surface area contributed by atoms with Crippen LogP contribution in [0.4, 0.5) is 0 Å². The lowest BCUT2D eigenvalue weighted by atomic mass is 9.44. The first-order valence-electron chi connectivity index (χ1n) is 9.47. The van der Waals surface area contributed by atoms with E-state index in [1.165, 1.54) is 6.92 Å². The summed E-state index contributed by atoms with van der Waals surface area (Å²) >= 11 is 0. The first-order valence-corrected chi connectivity index (χ1v) is 9.47. The molecule has 3 fully saturated rings. The minimum Gasteiger partial charge on any atom is -0.465 e. The van der Waals surface area contributed by atoms with Crippen molar-refractivity contribution in [3.63, 3.8) is 0 Å². The number of hydrogen-bond donors (Lipinski definition) is 3. The van der Waals surface area contributed by atoms with Gasteiger partial charge in [-0.25, -0.2) is 4.79 Å². The van der Waals surface area contributed by atoms with Gasteiger partial charge in [-0.1, -0.05) is 20.8 Å². The van der Waals surface area contributed by atoms with E-state index in [4.69, 9.17) is 9.47 Å². The molecule has 3 N–H and O–H groups in total. The van der Waals surface area contributed by atoms with Crippen LogP contribution in [0, 0.1) is 16.7 Å². The zero-order valence-corrected chi connectivity index (χ0v) is 15.9. The van der Waals surface area contributed by atoms with Crippen molar-refractivity contribution in [1.29, 1.82) is 0 Å². The van der Waals surface area contributed by atoms with Crippen molar-refractivity contribution in [2.24, 2.45) is 16.7 Å². The number of ether oxygens (including phenoxy) is 2. The second-order valence-electron chi connectivity index (χ2n) is 8.76. The van der Waals surface area contributed by atoms with Crippen LogP contribution in [0.25, 0.3) is 0 Å². The third-order valence-electron chi connectivity index (χ3n) is 7.71. The van der Waals surface area contributed by atoms with Crippen molar-refractivity contribution in [1.82, 2.24) is 0 Å². The van der Waals surface area contributed by atoms with Gasteiger partial charge in [0, 0.05) is 11.8 Å². The molecule has 26 heavy (non-hydrogen) atoms. The SMILES string of the molecule is CCCC(=O)OC[C@@]1(C)[C@@]2(O)CC[C@@H](C)[C@]23C[C@@H](OC(=O)[C@@H]3O)[C@]1(C)O. The summed E-state index contributed by atoms with van der Waals surface area (Å²) < 4.78 is 10.8. The number of hydrogen-bond acceptors (Lipinski definition) is 7. The molecular formula is C19H30O7. The van der Waals surface area contributed by atoms with Gasteiger partial charge in [0.25, 0.3) is 0 Å². The highest BCUT2D eigenvalue weighted by Gasteiger charge is 2.80. The topological polar surface area (TPSA) is 113 Å². The van der Waals surface area contributed by atoms with Gasteiger partial charge in [0.1, 0.15) is 18.3 Å². The quantitative estimate of drug-likeness (QED) is 0.631. The van der Waals surface area contributed by atoms with Crippen molar-refractivity contribution in [2.75, 3.05) is 6.61 Å². The first kappa shape index (κ1) is 19.6. The largest absolute Gasteiger partial charge is 0.465 e. The molecule has 7 atom stereocenters. The molecule has 0 aromatic rings. The number of aliphatic hydroxyl groups is 3. The van der Waals surface area contributed by atoms with Crippen LogP contribution in [0.1, 0.15) is 59.8 Å². The molecule has 3 aliphatic rings. The molecule has 2 aliphatic carbocycles. The maximum absolute atomic E-state index is 12.3. The molecule has 2 bridgehead atoms. The molecule has 0 radical (unpaired) electrons. The highest BCUT2D eigenvalue weighted by molar-refractivity contribution is 5.78. The number of carbonyl (C=O) groups is 2. The predicted molar refractivity (Wildman–Crippen MR) is 90.9 cm³/mol. The van der Waals surface area contributed by atoms with Gasteiger partial charge in [-0.15, -0.1) is 0 Å². The van der Waals surface area contributed by atoms with Crippen molar-refractivity contribution in [3.8, 4) is 0 Å². The van der Waals surface area contributed by atoms with Crippen LogP contribution >= 0.6 is 0 Å². The fourth-order valence-electron chi connectivity index (χ4n) is 5.71. The van der Waals surface area contributed by atoms with Crippen LogP contribution < -0.4 is 0 Å². The number of fused-ring (bicyclic) bond motifs is 1. The van der Waals surface area contributed by atoms with E-state index in [1.807, 2.05) is 13.8 Å². The maximum Gasteiger partial charge on any atom is 0.336 e. The average molecular weight is 370 g/mol. The van der Waals surface area contributed by atoms with Gasteiger partial charge < -0.3 is 24.8 Å². The van der Waals surface area contributed by atoms with E-state index in [0.29, 0.717) is 19.3 Å². The zero-order valence-electron chi connectivity index (χ0n) is 15.9. The maximum atomic E-state index is 12.3. The van der Waals surface area contributed by atoms with Gasteiger partial charge in [-0.05, 0) is 38.5 Å². The molecule has 2 saturated carbocycles. The molecule has 0 aromatic heterocycles. The molecule has 1 saturated heterocycles. The van der Waals surface area contributed by atoms with E-state index in [2.05, 4.69) is 0 Å². The van der Waals surface area contributed by atoms with Crippen LogP contribution in [0.3, 0.4) is 0 Å². The molecule has 7 nitrogen and oxygen atoms in total. The fraction of sp³-hybridized carbons (Fsp3) is 0.895. The Bertz CT molecular complexity index is 617. The summed E-state index contributed by atoms with van der Waals surface area (Å²) in [7, 11) is 0. The molecule has 0 amide bonds. The molecule has 1 aliphatic heterocycles. The lowest BCUT2D eigenvalue weighted by Crippen LogP contribution is -2.80. The van der Waals surface area contributed by atoms with Gasteiger partial charge in [0.05, 0.1) is 11.0 Å². The van der Waals surface area contributed by atoms with Gasteiger partial charge in [0.2, 0.25) is 0 Å². The first-order chi connectivity index (χ1) is 12.0. The Hall–Kier alpha value is -1.18. The van der Waals surface area contributed by atoms with E-state index in [1.54, 1.807) is 6.92 Å². The van der Waals surface area contributed by atoms with Crippen molar-refractivity contribution in [2.45, 2.75) is 83.2 Å². The molecule has 7 heteroatoms. The van der Waals surface area contributed by atoms with Crippen LogP contribution in [0.15, 0.2) is 0 Å². The Balaban J connectivity index is 2.08. The van der Waals surface area contributed by atoms with Crippen LogP contribution in [0.5, 0.6) is 0 Å². The van der Waals surface area contributed by atoms with E-state index in [9.17, 15) is 24.9 Å². The Morgan fingerprint density at radius 2 is 2.00 bits per heavy atom. The molecule has 0 unspecified atom stereocenters. The van der Waals surface area contributed by atoms with Gasteiger partial charge >= 0.3 is 11.9 Å². The van der Waals surface area contributed by atoms with Gasteiger partial charge in [-0.2, -0.15) is 0 Å². The summed E-state index contributed by atoms with van der Waals surface area (Å²) in [6.07, 6.45) is -0.374. The molecule has 3 rings (SSSR count). The Morgan fingerprint density at radius 1 is 1.35 bits per heavy atom. The van der Waals surface area contributed by atoms with E-state index in [0.717, 1.165) is 0 Å². The summed E-state index contributed by atoms with van der Waals surface area (Å²) in [4.78, 5) is 24.2. The zero-order chi connectivity index (χ0) is 19.5. The van der Waals surface area contributed by atoms with E-state index >= 15 is 0 Å². The third kappa shape index (κ3) is 2.11. The van der Waals surface area contributed by atoms with Crippen LogP contribution in [-0.4, -0.2) is 57.3 Å². The molecule has 1 heterocycles. The Morgan fingerprint density at radius 3 is 2.62 bits per heavy atom. The third-order valence-corrected chi connectivity index (χ3v) is 7.71. The molecular weight excluding hydrogens is 340 g/mol. The number of aliphatic hydroxyl groups excluding tert-OH is 1. The molecule has 1 spiro atoms. The highest BCUT2D eigenvalue weighted by atomic mass is 16.6. The van der Waals surface area contributed by atoms with Crippen LogP contribution in [0.2, 0.25) is 0 Å². The average Bonchev–Trinajstić information content (AvgIpc) is 2.83. The molecule has 0 aromatic carbocycles.